The molecular weight excluding hydrogens is 390 g/mol. The Morgan fingerprint density at radius 3 is 2.42 bits per heavy atom. The van der Waals surface area contributed by atoms with Crippen molar-refractivity contribution in [2.45, 2.75) is 26.5 Å². The highest BCUT2D eigenvalue weighted by molar-refractivity contribution is 5.87. The van der Waals surface area contributed by atoms with Crippen molar-refractivity contribution in [3.05, 3.63) is 90.0 Å². The van der Waals surface area contributed by atoms with Crippen LogP contribution in [0.25, 0.3) is 0 Å². The molecule has 0 bridgehead atoms. The van der Waals surface area contributed by atoms with Gasteiger partial charge in [-0.2, -0.15) is 5.10 Å². The van der Waals surface area contributed by atoms with Gasteiger partial charge in [0.1, 0.15) is 24.1 Å². The summed E-state index contributed by atoms with van der Waals surface area (Å²) in [5.74, 6) is 1.25. The zero-order valence-electron chi connectivity index (χ0n) is 17.7. The fourth-order valence-electron chi connectivity index (χ4n) is 2.85. The Kier molecular flexibility index (Phi) is 8.05. The number of anilines is 1. The van der Waals surface area contributed by atoms with Crippen molar-refractivity contribution < 1.29 is 14.3 Å². The highest BCUT2D eigenvalue weighted by Crippen LogP contribution is 2.18. The van der Waals surface area contributed by atoms with E-state index in [-0.39, 0.29) is 5.91 Å². The molecule has 0 radical (unpaired) electrons. The molecule has 0 aromatic heterocycles. The summed E-state index contributed by atoms with van der Waals surface area (Å²) in [6, 6.07) is 24.5. The van der Waals surface area contributed by atoms with Crippen molar-refractivity contribution in [3.8, 4) is 11.5 Å². The molecule has 0 saturated carbocycles. The van der Waals surface area contributed by atoms with Crippen molar-refractivity contribution in [1.82, 2.24) is 5.43 Å². The van der Waals surface area contributed by atoms with Gasteiger partial charge in [-0.15, -0.1) is 0 Å². The van der Waals surface area contributed by atoms with Gasteiger partial charge in [0.05, 0.1) is 12.8 Å². The van der Waals surface area contributed by atoms with Crippen molar-refractivity contribution >= 4 is 17.8 Å². The quantitative estimate of drug-likeness (QED) is 0.373. The second kappa shape index (κ2) is 11.4. The Labute approximate surface area is 182 Å². The van der Waals surface area contributed by atoms with Gasteiger partial charge >= 0.3 is 0 Å². The van der Waals surface area contributed by atoms with E-state index in [1.54, 1.807) is 13.1 Å². The van der Waals surface area contributed by atoms with Crippen LogP contribution in [0.3, 0.4) is 0 Å². The molecule has 0 aliphatic heterocycles. The van der Waals surface area contributed by atoms with Crippen LogP contribution in [0.2, 0.25) is 0 Å². The van der Waals surface area contributed by atoms with Crippen molar-refractivity contribution in [2.75, 3.05) is 11.9 Å². The predicted octanol–water partition coefficient (Wildman–Crippen LogP) is 4.62. The Balaban J connectivity index is 1.53. The summed E-state index contributed by atoms with van der Waals surface area (Å²) in [6.45, 7) is 4.79. The molecule has 3 rings (SSSR count). The third-order valence-electron chi connectivity index (χ3n) is 4.48. The Hall–Kier alpha value is -3.80. The molecule has 160 valence electrons. The van der Waals surface area contributed by atoms with Crippen LogP contribution in [0.4, 0.5) is 5.69 Å². The van der Waals surface area contributed by atoms with Gasteiger partial charge in [-0.25, -0.2) is 5.43 Å². The first kappa shape index (κ1) is 21.9. The van der Waals surface area contributed by atoms with E-state index < -0.39 is 6.04 Å². The number of amides is 1. The standard InChI is InChI=1S/C25H27N3O3/c1-3-30-23-15-13-22(14-16-23)27-19(2)25(29)28-26-17-21-11-7-8-12-24(21)31-18-20-9-5-4-6-10-20/h4-17,19,27H,3,18H2,1-2H3,(H,28,29). The molecular formula is C25H27N3O3. The number of hydrazone groups is 1. The third kappa shape index (κ3) is 6.89. The van der Waals surface area contributed by atoms with Gasteiger partial charge in [0, 0.05) is 11.3 Å². The SMILES string of the molecule is CCOc1ccc(NC(C)C(=O)NN=Cc2ccccc2OCc2ccccc2)cc1. The van der Waals surface area contributed by atoms with Crippen LogP contribution < -0.4 is 20.2 Å². The third-order valence-corrected chi connectivity index (χ3v) is 4.48. The lowest BCUT2D eigenvalue weighted by atomic mass is 10.2. The Bertz CT molecular complexity index is 988. The van der Waals surface area contributed by atoms with Gasteiger partial charge in [0.25, 0.3) is 5.91 Å². The number of benzene rings is 3. The molecule has 6 nitrogen and oxygen atoms in total. The van der Waals surface area contributed by atoms with E-state index in [1.807, 2.05) is 85.8 Å². The molecule has 3 aromatic rings. The lowest BCUT2D eigenvalue weighted by molar-refractivity contribution is -0.121. The summed E-state index contributed by atoms with van der Waals surface area (Å²) in [6.07, 6.45) is 1.59. The van der Waals surface area contributed by atoms with Crippen LogP contribution in [0, 0.1) is 0 Å². The minimum atomic E-state index is -0.459. The van der Waals surface area contributed by atoms with Gasteiger partial charge in [-0.1, -0.05) is 42.5 Å². The highest BCUT2D eigenvalue weighted by Gasteiger charge is 2.12. The van der Waals surface area contributed by atoms with Gasteiger partial charge < -0.3 is 14.8 Å². The van der Waals surface area contributed by atoms with Gasteiger partial charge in [0.2, 0.25) is 0 Å². The maximum absolute atomic E-state index is 12.4. The molecule has 0 aliphatic rings. The average Bonchev–Trinajstić information content (AvgIpc) is 2.80. The first-order valence-corrected chi connectivity index (χ1v) is 10.2. The topological polar surface area (TPSA) is 72.0 Å². The van der Waals surface area contributed by atoms with E-state index >= 15 is 0 Å². The first-order valence-electron chi connectivity index (χ1n) is 10.2. The second-order valence-corrected chi connectivity index (χ2v) is 6.87. The summed E-state index contributed by atoms with van der Waals surface area (Å²) in [5, 5.41) is 7.24. The van der Waals surface area contributed by atoms with Gasteiger partial charge in [0.15, 0.2) is 0 Å². The van der Waals surface area contributed by atoms with Crippen LogP contribution in [-0.4, -0.2) is 24.8 Å². The maximum atomic E-state index is 12.4. The molecule has 2 N–H and O–H groups in total. The van der Waals surface area contributed by atoms with Crippen LogP contribution in [0.15, 0.2) is 84.0 Å². The fraction of sp³-hybridized carbons (Fsp3) is 0.200. The largest absolute Gasteiger partial charge is 0.494 e. The monoisotopic (exact) mass is 417 g/mol. The van der Waals surface area contributed by atoms with Gasteiger partial charge in [-0.05, 0) is 55.8 Å². The normalized spacial score (nSPS) is 11.7. The predicted molar refractivity (Wildman–Crippen MR) is 124 cm³/mol. The lowest BCUT2D eigenvalue weighted by Gasteiger charge is -2.14. The molecule has 0 saturated heterocycles. The molecule has 0 heterocycles. The summed E-state index contributed by atoms with van der Waals surface area (Å²) < 4.78 is 11.3. The molecule has 3 aromatic carbocycles. The molecule has 1 unspecified atom stereocenters. The number of ether oxygens (including phenoxy) is 2. The average molecular weight is 418 g/mol. The Morgan fingerprint density at radius 2 is 1.68 bits per heavy atom. The molecule has 31 heavy (non-hydrogen) atoms. The number of nitrogens with zero attached hydrogens (tertiary/aromatic N) is 1. The van der Waals surface area contributed by atoms with Crippen LogP contribution in [-0.2, 0) is 11.4 Å². The van der Waals surface area contributed by atoms with Crippen LogP contribution >= 0.6 is 0 Å². The summed E-state index contributed by atoms with van der Waals surface area (Å²) in [7, 11) is 0. The number of hydrogen-bond acceptors (Lipinski definition) is 5. The minimum absolute atomic E-state index is 0.243. The molecule has 6 heteroatoms. The van der Waals surface area contributed by atoms with E-state index in [0.29, 0.717) is 19.0 Å². The van der Waals surface area contributed by atoms with Gasteiger partial charge in [-0.3, -0.25) is 4.79 Å². The number of carbonyl (C=O) groups is 1. The fourth-order valence-corrected chi connectivity index (χ4v) is 2.85. The zero-order valence-corrected chi connectivity index (χ0v) is 17.7. The summed E-state index contributed by atoms with van der Waals surface area (Å²) in [4.78, 5) is 12.4. The van der Waals surface area contributed by atoms with Crippen molar-refractivity contribution in [2.24, 2.45) is 5.10 Å². The highest BCUT2D eigenvalue weighted by atomic mass is 16.5. The number of carbonyl (C=O) groups excluding carboxylic acids is 1. The van der Waals surface area contributed by atoms with Crippen molar-refractivity contribution in [1.29, 1.82) is 0 Å². The van der Waals surface area contributed by atoms with Crippen LogP contribution in [0.5, 0.6) is 11.5 Å². The van der Waals surface area contributed by atoms with E-state index in [1.165, 1.54) is 0 Å². The molecule has 0 spiro atoms. The molecule has 0 aliphatic carbocycles. The van der Waals surface area contributed by atoms with E-state index in [2.05, 4.69) is 15.8 Å². The molecule has 0 fully saturated rings. The zero-order chi connectivity index (χ0) is 21.9. The summed E-state index contributed by atoms with van der Waals surface area (Å²) in [5.41, 5.74) is 5.26. The number of para-hydroxylation sites is 1. The lowest BCUT2D eigenvalue weighted by Crippen LogP contribution is -2.34. The molecule has 1 amide bonds. The second-order valence-electron chi connectivity index (χ2n) is 6.87. The Morgan fingerprint density at radius 1 is 0.968 bits per heavy atom. The smallest absolute Gasteiger partial charge is 0.262 e. The number of nitrogens with one attached hydrogen (secondary N) is 2. The van der Waals surface area contributed by atoms with E-state index in [0.717, 1.165) is 22.6 Å². The first-order chi connectivity index (χ1) is 15.2. The number of rotatable bonds is 10. The summed E-state index contributed by atoms with van der Waals surface area (Å²) >= 11 is 0. The molecule has 1 atom stereocenters. The minimum Gasteiger partial charge on any atom is -0.494 e. The van der Waals surface area contributed by atoms with Crippen molar-refractivity contribution in [3.63, 3.8) is 0 Å². The maximum Gasteiger partial charge on any atom is 0.262 e. The van der Waals surface area contributed by atoms with E-state index in [4.69, 9.17) is 9.47 Å². The van der Waals surface area contributed by atoms with E-state index in [9.17, 15) is 4.79 Å². The van der Waals surface area contributed by atoms with Crippen LogP contribution in [0.1, 0.15) is 25.0 Å². The number of hydrogen-bond donors (Lipinski definition) is 2.